The molecule has 0 saturated carbocycles. The van der Waals surface area contributed by atoms with Gasteiger partial charge in [-0.05, 0) is 57.5 Å². The first-order valence-electron chi connectivity index (χ1n) is 7.27. The molecule has 0 spiro atoms. The van der Waals surface area contributed by atoms with Crippen LogP contribution in [-0.4, -0.2) is 19.0 Å². The minimum atomic E-state index is -0.0348. The lowest BCUT2D eigenvalue weighted by molar-refractivity contribution is 0.102. The smallest absolute Gasteiger partial charge is 0.256 e. The predicted octanol–water partition coefficient (Wildman–Crippen LogP) is 4.46. The van der Waals surface area contributed by atoms with Crippen LogP contribution in [0.25, 0.3) is 0 Å². The van der Waals surface area contributed by atoms with E-state index in [4.69, 9.17) is 0 Å². The van der Waals surface area contributed by atoms with Crippen molar-refractivity contribution in [2.24, 2.45) is 0 Å². The number of amides is 1. The van der Waals surface area contributed by atoms with Crippen LogP contribution in [0.1, 0.15) is 34.6 Å². The van der Waals surface area contributed by atoms with Gasteiger partial charge in [-0.25, -0.2) is 0 Å². The van der Waals surface area contributed by atoms with Gasteiger partial charge in [0.05, 0.1) is 5.56 Å². The normalized spacial score (nSPS) is 10.5. The number of aryl methyl sites for hydroxylation is 1. The molecule has 1 heterocycles. The molecule has 0 unspecified atom stereocenters. The highest BCUT2D eigenvalue weighted by Crippen LogP contribution is 2.23. The van der Waals surface area contributed by atoms with E-state index in [1.165, 1.54) is 10.6 Å². The molecule has 112 valence electrons. The summed E-state index contributed by atoms with van der Waals surface area (Å²) < 4.78 is 0. The first-order chi connectivity index (χ1) is 10.1. The molecule has 0 aliphatic heterocycles. The topological polar surface area (TPSA) is 32.3 Å². The van der Waals surface area contributed by atoms with E-state index in [0.29, 0.717) is 0 Å². The Kier molecular flexibility index (Phi) is 5.02. The molecule has 2 aromatic rings. The van der Waals surface area contributed by atoms with Crippen molar-refractivity contribution in [2.45, 2.75) is 27.7 Å². The number of thiophene rings is 1. The van der Waals surface area contributed by atoms with Gasteiger partial charge in [-0.15, -0.1) is 11.3 Å². The molecule has 1 N–H and O–H groups in total. The van der Waals surface area contributed by atoms with Crippen molar-refractivity contribution in [3.05, 3.63) is 45.6 Å². The van der Waals surface area contributed by atoms with Gasteiger partial charge >= 0.3 is 0 Å². The summed E-state index contributed by atoms with van der Waals surface area (Å²) in [5.74, 6) is -0.0348. The number of carbonyl (C=O) groups excluding carboxylic acids is 1. The molecule has 1 amide bonds. The van der Waals surface area contributed by atoms with Gasteiger partial charge < -0.3 is 10.2 Å². The summed E-state index contributed by atoms with van der Waals surface area (Å²) in [6, 6.07) is 8.02. The van der Waals surface area contributed by atoms with Crippen LogP contribution in [0.2, 0.25) is 0 Å². The zero-order chi connectivity index (χ0) is 15.4. The van der Waals surface area contributed by atoms with Crippen LogP contribution in [0.5, 0.6) is 0 Å². The fraction of sp³-hybridized carbons (Fsp3) is 0.353. The lowest BCUT2D eigenvalue weighted by Crippen LogP contribution is -2.21. The number of benzene rings is 1. The highest BCUT2D eigenvalue weighted by atomic mass is 32.1. The zero-order valence-corrected chi connectivity index (χ0v) is 13.9. The molecule has 4 heteroatoms. The number of carbonyl (C=O) groups is 1. The van der Waals surface area contributed by atoms with Crippen LogP contribution in [0.15, 0.2) is 29.6 Å². The molecule has 0 bridgehead atoms. The molecule has 2 rings (SSSR count). The Hall–Kier alpha value is -1.81. The van der Waals surface area contributed by atoms with E-state index >= 15 is 0 Å². The van der Waals surface area contributed by atoms with Gasteiger partial charge in [0, 0.05) is 34.7 Å². The fourth-order valence-electron chi connectivity index (χ4n) is 2.28. The van der Waals surface area contributed by atoms with Gasteiger partial charge in [-0.1, -0.05) is 0 Å². The summed E-state index contributed by atoms with van der Waals surface area (Å²) in [4.78, 5) is 15.7. The second-order valence-corrected chi connectivity index (χ2v) is 6.09. The molecule has 21 heavy (non-hydrogen) atoms. The van der Waals surface area contributed by atoms with E-state index in [-0.39, 0.29) is 5.91 Å². The summed E-state index contributed by atoms with van der Waals surface area (Å²) in [7, 11) is 0. The van der Waals surface area contributed by atoms with Gasteiger partial charge in [0.25, 0.3) is 5.91 Å². The number of rotatable bonds is 5. The Morgan fingerprint density at radius 1 is 1.14 bits per heavy atom. The highest BCUT2D eigenvalue weighted by molar-refractivity contribution is 7.10. The van der Waals surface area contributed by atoms with Gasteiger partial charge in [0.1, 0.15) is 0 Å². The van der Waals surface area contributed by atoms with E-state index < -0.39 is 0 Å². The number of nitrogens with zero attached hydrogens (tertiary/aromatic N) is 1. The average Bonchev–Trinajstić information content (AvgIpc) is 2.82. The third-order valence-corrected chi connectivity index (χ3v) is 4.80. The maximum absolute atomic E-state index is 12.3. The molecule has 0 aliphatic carbocycles. The van der Waals surface area contributed by atoms with Crippen molar-refractivity contribution in [3.63, 3.8) is 0 Å². The average molecular weight is 302 g/mol. The number of anilines is 2. The number of nitrogens with one attached hydrogen (secondary N) is 1. The maximum Gasteiger partial charge on any atom is 0.256 e. The lowest BCUT2D eigenvalue weighted by Gasteiger charge is -2.21. The van der Waals surface area contributed by atoms with Crippen molar-refractivity contribution >= 4 is 28.6 Å². The second-order valence-electron chi connectivity index (χ2n) is 5.00. The van der Waals surface area contributed by atoms with E-state index in [1.807, 2.05) is 43.5 Å². The van der Waals surface area contributed by atoms with Crippen LogP contribution < -0.4 is 10.2 Å². The van der Waals surface area contributed by atoms with E-state index in [2.05, 4.69) is 24.1 Å². The van der Waals surface area contributed by atoms with Gasteiger partial charge in [-0.2, -0.15) is 0 Å². The molecular weight excluding hydrogens is 280 g/mol. The molecule has 1 aromatic carbocycles. The number of hydrogen-bond acceptors (Lipinski definition) is 3. The van der Waals surface area contributed by atoms with Crippen LogP contribution >= 0.6 is 11.3 Å². The quantitative estimate of drug-likeness (QED) is 0.884. The standard InChI is InChI=1S/C17H22N2OS/c1-5-19(6-2)15-9-7-14(8-10-15)18-17(20)16-11-21-13(4)12(16)3/h7-11H,5-6H2,1-4H3,(H,18,20). The maximum atomic E-state index is 12.3. The van der Waals surface area contributed by atoms with Crippen molar-refractivity contribution in [1.82, 2.24) is 0 Å². The van der Waals surface area contributed by atoms with Crippen molar-refractivity contribution in [2.75, 3.05) is 23.3 Å². The molecule has 0 atom stereocenters. The first-order valence-corrected chi connectivity index (χ1v) is 8.15. The van der Waals surface area contributed by atoms with Crippen LogP contribution in [0.3, 0.4) is 0 Å². The fourth-order valence-corrected chi connectivity index (χ4v) is 3.15. The Morgan fingerprint density at radius 2 is 1.76 bits per heavy atom. The predicted molar refractivity (Wildman–Crippen MR) is 91.7 cm³/mol. The Morgan fingerprint density at radius 3 is 2.24 bits per heavy atom. The monoisotopic (exact) mass is 302 g/mol. The molecule has 0 fully saturated rings. The van der Waals surface area contributed by atoms with E-state index in [0.717, 1.165) is 29.9 Å². The van der Waals surface area contributed by atoms with Gasteiger partial charge in [-0.3, -0.25) is 4.79 Å². The summed E-state index contributed by atoms with van der Waals surface area (Å²) >= 11 is 1.61. The minimum Gasteiger partial charge on any atom is -0.372 e. The summed E-state index contributed by atoms with van der Waals surface area (Å²) in [5, 5.41) is 4.88. The zero-order valence-electron chi connectivity index (χ0n) is 13.1. The molecule has 0 saturated heterocycles. The third kappa shape index (κ3) is 3.45. The summed E-state index contributed by atoms with van der Waals surface area (Å²) in [6.45, 7) is 10.3. The number of hydrogen-bond donors (Lipinski definition) is 1. The Labute approximate surface area is 130 Å². The second kappa shape index (κ2) is 6.76. The third-order valence-electron chi connectivity index (χ3n) is 3.78. The molecule has 3 nitrogen and oxygen atoms in total. The van der Waals surface area contributed by atoms with Crippen LogP contribution in [0, 0.1) is 13.8 Å². The largest absolute Gasteiger partial charge is 0.372 e. The van der Waals surface area contributed by atoms with Crippen molar-refractivity contribution in [3.8, 4) is 0 Å². The highest BCUT2D eigenvalue weighted by Gasteiger charge is 2.12. The molecular formula is C17H22N2OS. The lowest BCUT2D eigenvalue weighted by atomic mass is 10.1. The summed E-state index contributed by atoms with van der Waals surface area (Å²) in [6.07, 6.45) is 0. The Bertz CT molecular complexity index is 612. The molecule has 0 radical (unpaired) electrons. The van der Waals surface area contributed by atoms with E-state index in [9.17, 15) is 4.79 Å². The minimum absolute atomic E-state index is 0.0348. The summed E-state index contributed by atoms with van der Waals surface area (Å²) in [5.41, 5.74) is 3.85. The Balaban J connectivity index is 2.10. The van der Waals surface area contributed by atoms with Gasteiger partial charge in [0.15, 0.2) is 0 Å². The van der Waals surface area contributed by atoms with E-state index in [1.54, 1.807) is 11.3 Å². The van der Waals surface area contributed by atoms with Crippen LogP contribution in [-0.2, 0) is 0 Å². The van der Waals surface area contributed by atoms with Crippen molar-refractivity contribution in [1.29, 1.82) is 0 Å². The van der Waals surface area contributed by atoms with Crippen LogP contribution in [0.4, 0.5) is 11.4 Å². The van der Waals surface area contributed by atoms with Crippen molar-refractivity contribution < 1.29 is 4.79 Å². The SMILES string of the molecule is CCN(CC)c1ccc(NC(=O)c2csc(C)c2C)cc1. The van der Waals surface area contributed by atoms with Gasteiger partial charge in [0.2, 0.25) is 0 Å². The first kappa shape index (κ1) is 15.6. The molecule has 0 aliphatic rings. The molecule has 1 aromatic heterocycles.